The smallest absolute Gasteiger partial charge is 0.373 e. The van der Waals surface area contributed by atoms with E-state index >= 15 is 0 Å². The molecule has 4 aromatic heterocycles. The molecule has 0 fully saturated rings. The van der Waals surface area contributed by atoms with Gasteiger partial charge in [-0.2, -0.15) is 0 Å². The van der Waals surface area contributed by atoms with Crippen LogP contribution in [0.3, 0.4) is 0 Å². The van der Waals surface area contributed by atoms with Gasteiger partial charge in [-0.05, 0) is 24.3 Å². The molecule has 0 bridgehead atoms. The Bertz CT molecular complexity index is 1390. The quantitative estimate of drug-likeness (QED) is 0.0697. The SMILES string of the molecule is [N-]=[N+]=[N-].[N-]=[N+]=[N-].[Ni+2].c1cnc2c(c1)ccc1cccnc12.c1cnc2c(c1)ccc1cccnc12. The van der Waals surface area contributed by atoms with E-state index in [9.17, 15) is 0 Å². The van der Waals surface area contributed by atoms with E-state index in [1.165, 1.54) is 9.82 Å². The largest absolute Gasteiger partial charge is 2.00 e. The molecular formula is C24H16N10Ni. The standard InChI is InChI=1S/2C12H8N2.2N3.Ni/c2*1-3-9-5-6-10-4-2-8-14-12(10)11(9)13-7-1;2*1-3-2;/h2*1-8H;;;/q;;2*-1;+2. The number of fused-ring (bicyclic) bond motifs is 6. The van der Waals surface area contributed by atoms with Crippen molar-refractivity contribution in [2.45, 2.75) is 0 Å². The Morgan fingerprint density at radius 2 is 0.600 bits per heavy atom. The molecule has 0 saturated heterocycles. The number of hydrogen-bond acceptors (Lipinski definition) is 4. The van der Waals surface area contributed by atoms with Crippen molar-refractivity contribution in [2.24, 2.45) is 0 Å². The first-order valence-corrected chi connectivity index (χ1v) is 9.87. The number of aromatic nitrogens is 4. The van der Waals surface area contributed by atoms with Crippen LogP contribution in [0.25, 0.3) is 75.6 Å². The fourth-order valence-corrected chi connectivity index (χ4v) is 3.36. The molecule has 0 radical (unpaired) electrons. The third-order valence-corrected chi connectivity index (χ3v) is 4.69. The van der Waals surface area contributed by atoms with E-state index < -0.39 is 0 Å². The normalized spacial score (nSPS) is 9.14. The molecule has 0 aliphatic carbocycles. The summed E-state index contributed by atoms with van der Waals surface area (Å²) in [5, 5.41) is 4.55. The molecule has 0 aliphatic rings. The van der Waals surface area contributed by atoms with Crippen LogP contribution in [0, 0.1) is 0 Å². The number of benzene rings is 2. The zero-order valence-corrected chi connectivity index (χ0v) is 19.0. The van der Waals surface area contributed by atoms with Gasteiger partial charge in [0.15, 0.2) is 0 Å². The fraction of sp³-hybridized carbons (Fsp3) is 0. The molecule has 2 aromatic carbocycles. The van der Waals surface area contributed by atoms with Gasteiger partial charge in [0.25, 0.3) is 0 Å². The van der Waals surface area contributed by atoms with Crippen molar-refractivity contribution in [3.05, 3.63) is 130 Å². The Hall–Kier alpha value is -4.81. The molecule has 6 aromatic rings. The second-order valence-electron chi connectivity index (χ2n) is 6.61. The van der Waals surface area contributed by atoms with E-state index in [1.807, 2.05) is 24.3 Å². The monoisotopic (exact) mass is 502 g/mol. The third kappa shape index (κ3) is 6.60. The second-order valence-corrected chi connectivity index (χ2v) is 6.61. The van der Waals surface area contributed by atoms with Crippen LogP contribution in [-0.2, 0) is 16.5 Å². The van der Waals surface area contributed by atoms with Crippen LogP contribution >= 0.6 is 0 Å². The Kier molecular flexibility index (Phi) is 10.3. The minimum Gasteiger partial charge on any atom is -0.373 e. The molecule has 0 N–H and O–H groups in total. The molecule has 4 heterocycles. The van der Waals surface area contributed by atoms with Gasteiger partial charge in [0.2, 0.25) is 0 Å². The van der Waals surface area contributed by atoms with Crippen molar-refractivity contribution in [1.82, 2.24) is 19.9 Å². The van der Waals surface area contributed by atoms with E-state index in [2.05, 4.69) is 68.5 Å². The van der Waals surface area contributed by atoms with Crippen molar-refractivity contribution >= 4 is 43.6 Å². The fourth-order valence-electron chi connectivity index (χ4n) is 3.36. The molecule has 0 amide bonds. The molecule has 10 nitrogen and oxygen atoms in total. The van der Waals surface area contributed by atoms with Crippen molar-refractivity contribution in [3.63, 3.8) is 0 Å². The van der Waals surface area contributed by atoms with Gasteiger partial charge in [0.1, 0.15) is 0 Å². The van der Waals surface area contributed by atoms with Gasteiger partial charge in [0, 0.05) is 46.3 Å². The minimum absolute atomic E-state index is 0. The summed E-state index contributed by atoms with van der Waals surface area (Å²) in [6, 6.07) is 24.3. The molecular weight excluding hydrogens is 487 g/mol. The molecule has 11 heteroatoms. The Labute approximate surface area is 209 Å². The van der Waals surface area contributed by atoms with Crippen LogP contribution in [0.15, 0.2) is 97.6 Å². The first-order valence-electron chi connectivity index (χ1n) is 9.87. The summed E-state index contributed by atoms with van der Waals surface area (Å²) in [4.78, 5) is 20.4. The molecule has 35 heavy (non-hydrogen) atoms. The Morgan fingerprint density at radius 1 is 0.400 bits per heavy atom. The van der Waals surface area contributed by atoms with Gasteiger partial charge in [-0.3, -0.25) is 29.8 Å². The minimum atomic E-state index is 0. The van der Waals surface area contributed by atoms with Crippen molar-refractivity contribution in [1.29, 1.82) is 0 Å². The van der Waals surface area contributed by atoms with Gasteiger partial charge >= 0.3 is 16.5 Å². The molecule has 6 rings (SSSR count). The maximum Gasteiger partial charge on any atom is 2.00 e. The third-order valence-electron chi connectivity index (χ3n) is 4.69. The van der Waals surface area contributed by atoms with E-state index in [4.69, 9.17) is 22.1 Å². The van der Waals surface area contributed by atoms with Gasteiger partial charge in [-0.25, -0.2) is 0 Å². The Balaban J connectivity index is 0.000000198. The maximum atomic E-state index is 6.75. The summed E-state index contributed by atoms with van der Waals surface area (Å²) < 4.78 is 0. The topological polar surface area (TPSA) is 169 Å². The predicted molar refractivity (Wildman–Crippen MR) is 134 cm³/mol. The van der Waals surface area contributed by atoms with Gasteiger partial charge in [-0.15, -0.1) is 0 Å². The van der Waals surface area contributed by atoms with Gasteiger partial charge in [0.05, 0.1) is 22.1 Å². The summed E-state index contributed by atoms with van der Waals surface area (Å²) in [6.45, 7) is 0. The van der Waals surface area contributed by atoms with Crippen molar-refractivity contribution in [2.75, 3.05) is 0 Å². The zero-order chi connectivity index (χ0) is 24.2. The maximum absolute atomic E-state index is 6.75. The first-order chi connectivity index (χ1) is 16.7. The van der Waals surface area contributed by atoms with Crippen LogP contribution in [0.2, 0.25) is 0 Å². The summed E-state index contributed by atoms with van der Waals surface area (Å²) >= 11 is 0. The molecule has 0 spiro atoms. The number of nitrogens with zero attached hydrogens (tertiary/aromatic N) is 10. The second kappa shape index (κ2) is 13.7. The Morgan fingerprint density at radius 3 is 0.800 bits per heavy atom. The van der Waals surface area contributed by atoms with Crippen LogP contribution in [0.1, 0.15) is 0 Å². The van der Waals surface area contributed by atoms with Crippen molar-refractivity contribution < 1.29 is 16.5 Å². The molecule has 0 saturated carbocycles. The van der Waals surface area contributed by atoms with Crippen LogP contribution in [-0.4, -0.2) is 19.9 Å². The van der Waals surface area contributed by atoms with Gasteiger partial charge in [-0.1, -0.05) is 48.5 Å². The average molecular weight is 503 g/mol. The molecule has 172 valence electrons. The predicted octanol–water partition coefficient (Wildman–Crippen LogP) is 7.30. The van der Waals surface area contributed by atoms with E-state index in [0.717, 1.165) is 43.6 Å². The van der Waals surface area contributed by atoms with E-state index in [-0.39, 0.29) is 16.5 Å². The number of rotatable bonds is 0. The number of hydrogen-bond donors (Lipinski definition) is 0. The van der Waals surface area contributed by atoms with Crippen LogP contribution in [0.4, 0.5) is 0 Å². The van der Waals surface area contributed by atoms with Gasteiger partial charge < -0.3 is 22.1 Å². The first kappa shape index (κ1) is 26.4. The van der Waals surface area contributed by atoms with Crippen LogP contribution in [0.5, 0.6) is 0 Å². The van der Waals surface area contributed by atoms with Crippen molar-refractivity contribution in [3.8, 4) is 0 Å². The molecule has 0 unspecified atom stereocenters. The molecule has 0 atom stereocenters. The number of pyridine rings is 4. The van der Waals surface area contributed by atoms with E-state index in [1.54, 1.807) is 24.8 Å². The summed E-state index contributed by atoms with van der Waals surface area (Å²) in [5.74, 6) is 0. The van der Waals surface area contributed by atoms with E-state index in [0.29, 0.717) is 0 Å². The van der Waals surface area contributed by atoms with Crippen LogP contribution < -0.4 is 0 Å². The summed E-state index contributed by atoms with van der Waals surface area (Å²) in [5.41, 5.74) is 30.9. The molecule has 0 aliphatic heterocycles. The zero-order valence-electron chi connectivity index (χ0n) is 18.0. The average Bonchev–Trinajstić information content (AvgIpc) is 2.90. The summed E-state index contributed by atoms with van der Waals surface area (Å²) in [6.07, 6.45) is 7.21. The summed E-state index contributed by atoms with van der Waals surface area (Å²) in [7, 11) is 0.